The predicted octanol–water partition coefficient (Wildman–Crippen LogP) is 3.83. The molecule has 0 unspecified atom stereocenters. The lowest BCUT2D eigenvalue weighted by Crippen LogP contribution is -2.50. The Morgan fingerprint density at radius 2 is 2.21 bits per heavy atom. The van der Waals surface area contributed by atoms with Gasteiger partial charge >= 0.3 is 0 Å². The van der Waals surface area contributed by atoms with Crippen molar-refractivity contribution >= 4 is 0 Å². The molecule has 0 aliphatic carbocycles. The average Bonchev–Trinajstić information content (AvgIpc) is 2.71. The molecule has 2 nitrogen and oxygen atoms in total. The molecule has 1 aromatic carbocycles. The molecule has 0 spiro atoms. The Balaban J connectivity index is 2.05. The third-order valence-electron chi connectivity index (χ3n) is 4.21. The van der Waals surface area contributed by atoms with E-state index in [1.54, 1.807) is 12.1 Å². The second-order valence-electron chi connectivity index (χ2n) is 5.92. The maximum Gasteiger partial charge on any atom is 0.123 e. The lowest BCUT2D eigenvalue weighted by Gasteiger charge is -2.41. The number of hydrazine groups is 1. The van der Waals surface area contributed by atoms with Gasteiger partial charge in [-0.15, -0.1) is 0 Å². The molecule has 2 rings (SSSR count). The number of nitrogens with zero attached hydrogens (tertiary/aromatic N) is 2. The van der Waals surface area contributed by atoms with Crippen molar-refractivity contribution in [3.8, 4) is 0 Å². The highest BCUT2D eigenvalue weighted by atomic mass is 19.1. The van der Waals surface area contributed by atoms with Crippen LogP contribution in [0, 0.1) is 5.82 Å². The van der Waals surface area contributed by atoms with Crippen molar-refractivity contribution in [2.24, 2.45) is 0 Å². The van der Waals surface area contributed by atoms with Crippen LogP contribution in [0.25, 0.3) is 0 Å². The summed E-state index contributed by atoms with van der Waals surface area (Å²) in [7, 11) is 2.12. The molecule has 1 atom stereocenters. The Morgan fingerprint density at radius 3 is 2.89 bits per heavy atom. The van der Waals surface area contributed by atoms with E-state index in [0.717, 1.165) is 18.7 Å². The van der Waals surface area contributed by atoms with Gasteiger partial charge in [0, 0.05) is 25.7 Å². The van der Waals surface area contributed by atoms with Crippen molar-refractivity contribution < 1.29 is 4.39 Å². The summed E-state index contributed by atoms with van der Waals surface area (Å²) in [4.78, 5) is 0. The van der Waals surface area contributed by atoms with Crippen LogP contribution in [0.15, 0.2) is 24.3 Å². The SMILES string of the molecule is CCC[C@]1(C)CCCN1N(C)Cc1cccc(F)c1. The molecule has 1 aliphatic rings. The van der Waals surface area contributed by atoms with Gasteiger partial charge in [0.15, 0.2) is 0 Å². The van der Waals surface area contributed by atoms with Crippen molar-refractivity contribution in [3.63, 3.8) is 0 Å². The van der Waals surface area contributed by atoms with Crippen molar-refractivity contribution in [3.05, 3.63) is 35.6 Å². The van der Waals surface area contributed by atoms with E-state index >= 15 is 0 Å². The second-order valence-corrected chi connectivity index (χ2v) is 5.92. The molecule has 0 amide bonds. The summed E-state index contributed by atoms with van der Waals surface area (Å²) in [6, 6.07) is 6.91. The predicted molar refractivity (Wildman–Crippen MR) is 77.1 cm³/mol. The van der Waals surface area contributed by atoms with Gasteiger partial charge in [0.1, 0.15) is 5.82 Å². The minimum atomic E-state index is -0.149. The van der Waals surface area contributed by atoms with Crippen LogP contribution >= 0.6 is 0 Å². The molecule has 3 heteroatoms. The molecule has 1 aromatic rings. The normalized spacial score (nSPS) is 24.3. The minimum Gasteiger partial charge on any atom is -0.240 e. The van der Waals surface area contributed by atoms with E-state index in [0.29, 0.717) is 0 Å². The Kier molecular flexibility index (Phi) is 4.58. The third kappa shape index (κ3) is 3.34. The first-order valence-electron chi connectivity index (χ1n) is 7.28. The smallest absolute Gasteiger partial charge is 0.123 e. The zero-order chi connectivity index (χ0) is 13.9. The van der Waals surface area contributed by atoms with E-state index in [-0.39, 0.29) is 11.4 Å². The number of halogens is 1. The van der Waals surface area contributed by atoms with Gasteiger partial charge in [-0.25, -0.2) is 14.4 Å². The summed E-state index contributed by atoms with van der Waals surface area (Å²) in [5, 5.41) is 4.73. The van der Waals surface area contributed by atoms with E-state index in [4.69, 9.17) is 0 Å². The Labute approximate surface area is 116 Å². The minimum absolute atomic E-state index is 0.149. The highest BCUT2D eigenvalue weighted by Crippen LogP contribution is 2.34. The molecule has 1 aliphatic heterocycles. The van der Waals surface area contributed by atoms with Crippen molar-refractivity contribution in [1.82, 2.24) is 10.0 Å². The van der Waals surface area contributed by atoms with E-state index in [9.17, 15) is 4.39 Å². The summed E-state index contributed by atoms with van der Waals surface area (Å²) >= 11 is 0. The first-order chi connectivity index (χ1) is 9.05. The number of rotatable bonds is 5. The topological polar surface area (TPSA) is 6.48 Å². The van der Waals surface area contributed by atoms with Crippen molar-refractivity contribution in [2.45, 2.75) is 51.6 Å². The molecular formula is C16H25FN2. The summed E-state index contributed by atoms with van der Waals surface area (Å²) in [6.45, 7) is 6.49. The monoisotopic (exact) mass is 264 g/mol. The van der Waals surface area contributed by atoms with E-state index < -0.39 is 0 Å². The van der Waals surface area contributed by atoms with Crippen molar-refractivity contribution in [2.75, 3.05) is 13.6 Å². The number of benzene rings is 1. The van der Waals surface area contributed by atoms with Crippen LogP contribution in [0.3, 0.4) is 0 Å². The zero-order valence-electron chi connectivity index (χ0n) is 12.3. The van der Waals surface area contributed by atoms with Gasteiger partial charge in [0.05, 0.1) is 0 Å². The largest absolute Gasteiger partial charge is 0.240 e. The molecule has 0 saturated carbocycles. The first kappa shape index (κ1) is 14.5. The first-order valence-corrected chi connectivity index (χ1v) is 7.28. The highest BCUT2D eigenvalue weighted by molar-refractivity contribution is 5.16. The zero-order valence-corrected chi connectivity index (χ0v) is 12.3. The van der Waals surface area contributed by atoms with Gasteiger partial charge < -0.3 is 0 Å². The van der Waals surface area contributed by atoms with Gasteiger partial charge in [0.25, 0.3) is 0 Å². The van der Waals surface area contributed by atoms with E-state index in [2.05, 4.69) is 30.9 Å². The van der Waals surface area contributed by atoms with Gasteiger partial charge in [-0.1, -0.05) is 25.5 Å². The van der Waals surface area contributed by atoms with Crippen LogP contribution in [-0.2, 0) is 6.54 Å². The van der Waals surface area contributed by atoms with Crippen LogP contribution < -0.4 is 0 Å². The lowest BCUT2D eigenvalue weighted by molar-refractivity contribution is -0.0681. The fourth-order valence-corrected chi connectivity index (χ4v) is 3.37. The fourth-order valence-electron chi connectivity index (χ4n) is 3.37. The summed E-state index contributed by atoms with van der Waals surface area (Å²) in [5.74, 6) is -0.149. The van der Waals surface area contributed by atoms with Gasteiger partial charge in [0.2, 0.25) is 0 Å². The molecule has 1 saturated heterocycles. The van der Waals surface area contributed by atoms with Crippen LogP contribution in [0.5, 0.6) is 0 Å². The van der Waals surface area contributed by atoms with Crippen LogP contribution in [0.1, 0.15) is 45.1 Å². The molecule has 0 radical (unpaired) electrons. The quantitative estimate of drug-likeness (QED) is 0.797. The van der Waals surface area contributed by atoms with Crippen LogP contribution in [-0.4, -0.2) is 29.1 Å². The molecule has 0 N–H and O–H groups in total. The van der Waals surface area contributed by atoms with Gasteiger partial charge in [-0.2, -0.15) is 0 Å². The maximum atomic E-state index is 13.2. The lowest BCUT2D eigenvalue weighted by atomic mass is 9.94. The Morgan fingerprint density at radius 1 is 1.42 bits per heavy atom. The Hall–Kier alpha value is -0.930. The van der Waals surface area contributed by atoms with E-state index in [1.807, 2.05) is 6.07 Å². The Bertz CT molecular complexity index is 421. The second kappa shape index (κ2) is 6.02. The average molecular weight is 264 g/mol. The van der Waals surface area contributed by atoms with Gasteiger partial charge in [-0.05, 0) is 43.9 Å². The molecule has 106 valence electrons. The van der Waals surface area contributed by atoms with Gasteiger partial charge in [-0.3, -0.25) is 0 Å². The highest BCUT2D eigenvalue weighted by Gasteiger charge is 2.37. The van der Waals surface area contributed by atoms with Crippen LogP contribution in [0.4, 0.5) is 4.39 Å². The number of hydrogen-bond donors (Lipinski definition) is 0. The molecular weight excluding hydrogens is 239 g/mol. The molecule has 1 fully saturated rings. The molecule has 1 heterocycles. The summed E-state index contributed by atoms with van der Waals surface area (Å²) < 4.78 is 13.2. The summed E-state index contributed by atoms with van der Waals surface area (Å²) in [6.07, 6.45) is 4.94. The number of hydrogen-bond acceptors (Lipinski definition) is 2. The van der Waals surface area contributed by atoms with E-state index in [1.165, 1.54) is 31.7 Å². The fraction of sp³-hybridized carbons (Fsp3) is 0.625. The third-order valence-corrected chi connectivity index (χ3v) is 4.21. The maximum absolute atomic E-state index is 13.2. The molecule has 0 aromatic heterocycles. The molecule has 0 bridgehead atoms. The van der Waals surface area contributed by atoms with Crippen LogP contribution in [0.2, 0.25) is 0 Å². The molecule has 19 heavy (non-hydrogen) atoms. The summed E-state index contributed by atoms with van der Waals surface area (Å²) in [5.41, 5.74) is 1.31. The van der Waals surface area contributed by atoms with Crippen molar-refractivity contribution in [1.29, 1.82) is 0 Å². The standard InChI is InChI=1S/C16H25FN2/c1-4-9-16(2)10-6-11-19(16)18(3)13-14-7-5-8-15(17)12-14/h5,7-8,12H,4,6,9-11,13H2,1-3H3/t16-/m1/s1.